The van der Waals surface area contributed by atoms with Crippen molar-refractivity contribution in [1.29, 1.82) is 0 Å². The van der Waals surface area contributed by atoms with Crippen molar-refractivity contribution in [1.82, 2.24) is 0 Å². The zero-order valence-electron chi connectivity index (χ0n) is 15.0. The molecular formula is C21H27NO3. The average Bonchev–Trinajstić information content (AvgIpc) is 2.62. The molecule has 0 saturated heterocycles. The molecule has 4 heteroatoms. The van der Waals surface area contributed by atoms with Crippen molar-refractivity contribution in [2.75, 3.05) is 5.73 Å². The number of nitrogens with two attached hydrogens (primary N) is 1. The molecule has 2 N–H and O–H groups in total. The number of carbonyl (C=O) groups excluding carboxylic acids is 1. The Morgan fingerprint density at radius 3 is 2.52 bits per heavy atom. The van der Waals surface area contributed by atoms with E-state index in [1.54, 1.807) is 42.5 Å². The third-order valence-electron chi connectivity index (χ3n) is 3.99. The van der Waals surface area contributed by atoms with Gasteiger partial charge in [0.05, 0.1) is 17.4 Å². The highest BCUT2D eigenvalue weighted by Gasteiger charge is 2.11. The van der Waals surface area contributed by atoms with Crippen LogP contribution in [0.1, 0.15) is 56.3 Å². The van der Waals surface area contributed by atoms with Gasteiger partial charge in [-0.2, -0.15) is 0 Å². The summed E-state index contributed by atoms with van der Waals surface area (Å²) in [7, 11) is 0. The number of carbonyl (C=O) groups is 1. The van der Waals surface area contributed by atoms with Gasteiger partial charge < -0.3 is 15.2 Å². The van der Waals surface area contributed by atoms with Crippen LogP contribution in [-0.2, 0) is 0 Å². The summed E-state index contributed by atoms with van der Waals surface area (Å²) < 4.78 is 11.3. The van der Waals surface area contributed by atoms with Crippen LogP contribution in [0.5, 0.6) is 11.5 Å². The molecule has 0 heterocycles. The maximum Gasteiger partial charge on any atom is 0.343 e. The Morgan fingerprint density at radius 1 is 1.08 bits per heavy atom. The second-order valence-electron chi connectivity index (χ2n) is 6.23. The zero-order chi connectivity index (χ0) is 18.1. The van der Waals surface area contributed by atoms with Crippen molar-refractivity contribution < 1.29 is 14.3 Å². The smallest absolute Gasteiger partial charge is 0.343 e. The molecule has 1 atom stereocenters. The Hall–Kier alpha value is -2.49. The fourth-order valence-corrected chi connectivity index (χ4v) is 2.57. The van der Waals surface area contributed by atoms with Crippen LogP contribution in [0.2, 0.25) is 0 Å². The van der Waals surface area contributed by atoms with E-state index in [2.05, 4.69) is 13.8 Å². The SMILES string of the molecule is CCCCCC[C@@H](C)Oc1ccc(OC(=O)c2ccccc2)cc1N. The minimum absolute atomic E-state index is 0.108. The first kappa shape index (κ1) is 18.8. The third kappa shape index (κ3) is 6.14. The highest BCUT2D eigenvalue weighted by molar-refractivity contribution is 5.91. The van der Waals surface area contributed by atoms with Crippen molar-refractivity contribution in [3.63, 3.8) is 0 Å². The van der Waals surface area contributed by atoms with E-state index in [0.29, 0.717) is 22.7 Å². The van der Waals surface area contributed by atoms with Gasteiger partial charge in [-0.15, -0.1) is 0 Å². The Balaban J connectivity index is 1.90. The average molecular weight is 341 g/mol. The van der Waals surface area contributed by atoms with Crippen LogP contribution in [0.25, 0.3) is 0 Å². The first-order valence-corrected chi connectivity index (χ1v) is 8.93. The maximum atomic E-state index is 12.1. The standard InChI is InChI=1S/C21H27NO3/c1-3-4-5-7-10-16(2)24-20-14-13-18(15-19(20)22)25-21(23)17-11-8-6-9-12-17/h6,8-9,11-16H,3-5,7,10,22H2,1-2H3/t16-/m1/s1. The van der Waals surface area contributed by atoms with E-state index in [1.165, 1.54) is 19.3 Å². The lowest BCUT2D eigenvalue weighted by Gasteiger charge is -2.16. The van der Waals surface area contributed by atoms with Crippen molar-refractivity contribution in [2.24, 2.45) is 0 Å². The number of unbranched alkanes of at least 4 members (excludes halogenated alkanes) is 3. The quantitative estimate of drug-likeness (QED) is 0.294. The minimum atomic E-state index is -0.405. The number of hydrogen-bond donors (Lipinski definition) is 1. The van der Waals surface area contributed by atoms with E-state index in [-0.39, 0.29) is 6.10 Å². The minimum Gasteiger partial charge on any atom is -0.489 e. The van der Waals surface area contributed by atoms with Crippen LogP contribution in [0, 0.1) is 0 Å². The van der Waals surface area contributed by atoms with Crippen LogP contribution in [0.3, 0.4) is 0 Å². The molecule has 0 spiro atoms. The predicted molar refractivity (Wildman–Crippen MR) is 101 cm³/mol. The summed E-state index contributed by atoms with van der Waals surface area (Å²) in [4.78, 5) is 12.1. The fraction of sp³-hybridized carbons (Fsp3) is 0.381. The van der Waals surface area contributed by atoms with Crippen LogP contribution in [0.15, 0.2) is 48.5 Å². The first-order valence-electron chi connectivity index (χ1n) is 8.93. The van der Waals surface area contributed by atoms with E-state index in [9.17, 15) is 4.79 Å². The molecule has 2 rings (SSSR count). The van der Waals surface area contributed by atoms with E-state index in [4.69, 9.17) is 15.2 Å². The summed E-state index contributed by atoms with van der Waals surface area (Å²) in [6.07, 6.45) is 5.98. The summed E-state index contributed by atoms with van der Waals surface area (Å²) in [5.74, 6) is 0.634. The van der Waals surface area contributed by atoms with Crippen LogP contribution >= 0.6 is 0 Å². The molecule has 0 aromatic heterocycles. The number of ether oxygens (including phenoxy) is 2. The molecule has 0 aliphatic rings. The molecule has 0 aliphatic heterocycles. The molecule has 25 heavy (non-hydrogen) atoms. The molecule has 2 aromatic carbocycles. The zero-order valence-corrected chi connectivity index (χ0v) is 15.0. The maximum absolute atomic E-state index is 12.1. The Morgan fingerprint density at radius 2 is 1.84 bits per heavy atom. The Bertz CT molecular complexity index is 670. The summed E-state index contributed by atoms with van der Waals surface area (Å²) in [5, 5.41) is 0. The van der Waals surface area contributed by atoms with Gasteiger partial charge in [0.1, 0.15) is 11.5 Å². The monoisotopic (exact) mass is 341 g/mol. The van der Waals surface area contributed by atoms with Gasteiger partial charge in [-0.25, -0.2) is 4.79 Å². The lowest BCUT2D eigenvalue weighted by molar-refractivity contribution is 0.0734. The molecule has 134 valence electrons. The number of anilines is 1. The molecule has 0 fully saturated rings. The number of benzene rings is 2. The second-order valence-corrected chi connectivity index (χ2v) is 6.23. The summed E-state index contributed by atoms with van der Waals surface area (Å²) in [6, 6.07) is 14.0. The lowest BCUT2D eigenvalue weighted by Crippen LogP contribution is -2.13. The Labute approximate surface area is 150 Å². The summed E-state index contributed by atoms with van der Waals surface area (Å²) in [5.41, 5.74) is 7.02. The van der Waals surface area contributed by atoms with Crippen molar-refractivity contribution in [3.8, 4) is 11.5 Å². The molecule has 0 radical (unpaired) electrons. The fourth-order valence-electron chi connectivity index (χ4n) is 2.57. The normalized spacial score (nSPS) is 11.8. The molecule has 0 unspecified atom stereocenters. The van der Waals surface area contributed by atoms with Gasteiger partial charge in [0.2, 0.25) is 0 Å². The van der Waals surface area contributed by atoms with Gasteiger partial charge in [0, 0.05) is 6.07 Å². The number of rotatable bonds is 9. The van der Waals surface area contributed by atoms with Crippen LogP contribution < -0.4 is 15.2 Å². The van der Waals surface area contributed by atoms with Gasteiger partial charge in [0.25, 0.3) is 0 Å². The largest absolute Gasteiger partial charge is 0.489 e. The number of nitrogen functional groups attached to an aromatic ring is 1. The Kier molecular flexibility index (Phi) is 7.33. The van der Waals surface area contributed by atoms with E-state index in [0.717, 1.165) is 12.8 Å². The molecule has 0 bridgehead atoms. The summed E-state index contributed by atoms with van der Waals surface area (Å²) >= 11 is 0. The van der Waals surface area contributed by atoms with Gasteiger partial charge in [-0.3, -0.25) is 0 Å². The molecule has 0 saturated carbocycles. The molecule has 2 aromatic rings. The van der Waals surface area contributed by atoms with E-state index in [1.807, 2.05) is 6.07 Å². The van der Waals surface area contributed by atoms with Crippen molar-refractivity contribution in [3.05, 3.63) is 54.1 Å². The van der Waals surface area contributed by atoms with Crippen molar-refractivity contribution >= 4 is 11.7 Å². The topological polar surface area (TPSA) is 61.5 Å². The number of hydrogen-bond acceptors (Lipinski definition) is 4. The highest BCUT2D eigenvalue weighted by atomic mass is 16.5. The van der Waals surface area contributed by atoms with Gasteiger partial charge >= 0.3 is 5.97 Å². The third-order valence-corrected chi connectivity index (χ3v) is 3.99. The molecule has 0 amide bonds. The highest BCUT2D eigenvalue weighted by Crippen LogP contribution is 2.28. The van der Waals surface area contributed by atoms with Gasteiger partial charge in [-0.05, 0) is 44.0 Å². The van der Waals surface area contributed by atoms with Crippen molar-refractivity contribution in [2.45, 2.75) is 52.1 Å². The first-order chi connectivity index (χ1) is 12.1. The molecule has 4 nitrogen and oxygen atoms in total. The molecular weight excluding hydrogens is 314 g/mol. The lowest BCUT2D eigenvalue weighted by atomic mass is 10.1. The van der Waals surface area contributed by atoms with Gasteiger partial charge in [-0.1, -0.05) is 44.4 Å². The van der Waals surface area contributed by atoms with Gasteiger partial charge in [0.15, 0.2) is 0 Å². The molecule has 0 aliphatic carbocycles. The second kappa shape index (κ2) is 9.72. The number of esters is 1. The van der Waals surface area contributed by atoms with E-state index >= 15 is 0 Å². The van der Waals surface area contributed by atoms with Crippen LogP contribution in [-0.4, -0.2) is 12.1 Å². The predicted octanol–water partition coefficient (Wildman–Crippen LogP) is 5.23. The van der Waals surface area contributed by atoms with E-state index < -0.39 is 5.97 Å². The summed E-state index contributed by atoms with van der Waals surface area (Å²) in [6.45, 7) is 4.25. The van der Waals surface area contributed by atoms with Crippen LogP contribution in [0.4, 0.5) is 5.69 Å².